The maximum atomic E-state index is 13.7. The number of nitrogens with one attached hydrogen (secondary N) is 2. The summed E-state index contributed by atoms with van der Waals surface area (Å²) in [6.07, 6.45) is 2.23. The lowest BCUT2D eigenvalue weighted by atomic mass is 9.86. The van der Waals surface area contributed by atoms with Crippen LogP contribution in [0.5, 0.6) is 0 Å². The van der Waals surface area contributed by atoms with Crippen molar-refractivity contribution < 1.29 is 30.8 Å². The van der Waals surface area contributed by atoms with Crippen molar-refractivity contribution in [1.29, 1.82) is 0 Å². The summed E-state index contributed by atoms with van der Waals surface area (Å²) in [6, 6.07) is 13.4. The molecule has 0 radical (unpaired) electrons. The molecule has 3 aromatic rings. The fourth-order valence-corrected chi connectivity index (χ4v) is 7.37. The molecule has 1 fully saturated rings. The fourth-order valence-electron chi connectivity index (χ4n) is 6.10. The number of hydrogen-bond acceptors (Lipinski definition) is 4. The van der Waals surface area contributed by atoms with Crippen molar-refractivity contribution in [2.75, 3.05) is 19.6 Å². The van der Waals surface area contributed by atoms with Crippen LogP contribution in [0, 0.1) is 5.82 Å². The second-order valence-electron chi connectivity index (χ2n) is 11.7. The van der Waals surface area contributed by atoms with Gasteiger partial charge in [0, 0.05) is 13.0 Å². The van der Waals surface area contributed by atoms with Crippen LogP contribution in [-0.4, -0.2) is 38.9 Å². The van der Waals surface area contributed by atoms with E-state index in [2.05, 4.69) is 33.1 Å². The van der Waals surface area contributed by atoms with Crippen LogP contribution in [0.15, 0.2) is 71.6 Å². The number of sulfonamides is 1. The molecule has 0 spiro atoms. The number of amides is 1. The molecule has 0 bridgehead atoms. The Morgan fingerprint density at radius 3 is 2.43 bits per heavy atom. The fraction of sp³-hybridized carbons (Fsp3) is 0.424. The highest BCUT2D eigenvalue weighted by atomic mass is 32.2. The Kier molecular flexibility index (Phi) is 10.1. The number of rotatable bonds is 10. The summed E-state index contributed by atoms with van der Waals surface area (Å²) < 4.78 is 82.2. The Labute approximate surface area is 255 Å². The average molecular weight is 632 g/mol. The molecule has 1 aliphatic carbocycles. The summed E-state index contributed by atoms with van der Waals surface area (Å²) in [4.78, 5) is 15.3. The van der Waals surface area contributed by atoms with E-state index in [0.717, 1.165) is 81.2 Å². The van der Waals surface area contributed by atoms with Crippen LogP contribution in [0.1, 0.15) is 78.4 Å². The minimum Gasteiger partial charge on any atom is -0.349 e. The highest BCUT2D eigenvalue weighted by Crippen LogP contribution is 2.33. The Balaban J connectivity index is 1.29. The molecule has 0 aromatic heterocycles. The van der Waals surface area contributed by atoms with Crippen molar-refractivity contribution in [3.63, 3.8) is 0 Å². The topological polar surface area (TPSA) is 78.5 Å². The maximum Gasteiger partial charge on any atom is 0.416 e. The SMILES string of the molecule is O=C(C[C@@H](NS(=O)(=O)c1cccc(C(F)(F)F)c1)c1ccc(F)cc1)N[C@@H]1CCCc2cc(CCN3CCCCC3)ccc21. The normalized spacial score (nSPS) is 18.4. The first kappa shape index (κ1) is 32.1. The Bertz CT molecular complexity index is 1560. The van der Waals surface area contributed by atoms with Gasteiger partial charge < -0.3 is 10.2 Å². The van der Waals surface area contributed by atoms with E-state index >= 15 is 0 Å². The number of nitrogens with zero attached hydrogens (tertiary/aromatic N) is 1. The molecule has 1 heterocycles. The molecule has 1 aliphatic heterocycles. The second kappa shape index (κ2) is 13.8. The molecule has 2 aliphatic rings. The number of hydrogen-bond donors (Lipinski definition) is 2. The molecule has 0 saturated carbocycles. The van der Waals surface area contributed by atoms with Crippen LogP contribution in [0.3, 0.4) is 0 Å². The van der Waals surface area contributed by atoms with E-state index in [9.17, 15) is 30.8 Å². The van der Waals surface area contributed by atoms with Gasteiger partial charge in [0.05, 0.1) is 22.5 Å². The number of aryl methyl sites for hydroxylation is 1. The predicted molar refractivity (Wildman–Crippen MR) is 160 cm³/mol. The van der Waals surface area contributed by atoms with Crippen LogP contribution < -0.4 is 10.0 Å². The third-order valence-corrected chi connectivity index (χ3v) is 9.92. The number of fused-ring (bicyclic) bond motifs is 1. The largest absolute Gasteiger partial charge is 0.416 e. The maximum absolute atomic E-state index is 13.7. The Hall–Kier alpha value is -3.28. The molecule has 11 heteroatoms. The predicted octanol–water partition coefficient (Wildman–Crippen LogP) is 6.48. The number of carbonyl (C=O) groups excluding carboxylic acids is 1. The van der Waals surface area contributed by atoms with Crippen molar-refractivity contribution >= 4 is 15.9 Å². The van der Waals surface area contributed by atoms with Crippen LogP contribution in [0.25, 0.3) is 0 Å². The zero-order valence-corrected chi connectivity index (χ0v) is 25.2. The lowest BCUT2D eigenvalue weighted by molar-refractivity contribution is -0.137. The zero-order chi connectivity index (χ0) is 31.3. The van der Waals surface area contributed by atoms with E-state index in [-0.39, 0.29) is 12.5 Å². The third-order valence-electron chi connectivity index (χ3n) is 8.45. The molecule has 6 nitrogen and oxygen atoms in total. The van der Waals surface area contributed by atoms with E-state index < -0.39 is 44.4 Å². The minimum atomic E-state index is -4.73. The molecule has 0 unspecified atom stereocenters. The van der Waals surface area contributed by atoms with Crippen LogP contribution >= 0.6 is 0 Å². The zero-order valence-electron chi connectivity index (χ0n) is 24.4. The summed E-state index contributed by atoms with van der Waals surface area (Å²) in [5, 5.41) is 3.04. The molecule has 2 N–H and O–H groups in total. The Morgan fingerprint density at radius 2 is 1.70 bits per heavy atom. The first-order valence-corrected chi connectivity index (χ1v) is 16.5. The number of benzene rings is 3. The monoisotopic (exact) mass is 631 g/mol. The van der Waals surface area contributed by atoms with Crippen LogP contribution in [-0.2, 0) is 33.8 Å². The molecule has 2 atom stereocenters. The summed E-state index contributed by atoms with van der Waals surface area (Å²) in [7, 11) is -4.47. The molecule has 3 aromatic carbocycles. The van der Waals surface area contributed by atoms with Gasteiger partial charge in [0.2, 0.25) is 15.9 Å². The van der Waals surface area contributed by atoms with E-state index in [1.54, 1.807) is 0 Å². The highest BCUT2D eigenvalue weighted by molar-refractivity contribution is 7.89. The van der Waals surface area contributed by atoms with Gasteiger partial charge in [-0.05, 0) is 104 Å². The van der Waals surface area contributed by atoms with Gasteiger partial charge in [-0.2, -0.15) is 13.2 Å². The second-order valence-corrected chi connectivity index (χ2v) is 13.4. The summed E-state index contributed by atoms with van der Waals surface area (Å²) in [6.45, 7) is 3.32. The first-order chi connectivity index (χ1) is 21.0. The van der Waals surface area contributed by atoms with E-state index in [1.807, 2.05) is 0 Å². The van der Waals surface area contributed by atoms with Gasteiger partial charge in [-0.3, -0.25) is 4.79 Å². The number of piperidine rings is 1. The van der Waals surface area contributed by atoms with Crippen LogP contribution in [0.4, 0.5) is 17.6 Å². The lowest BCUT2D eigenvalue weighted by Gasteiger charge is -2.29. The minimum absolute atomic E-state index is 0.253. The van der Waals surface area contributed by atoms with Gasteiger partial charge in [0.1, 0.15) is 5.82 Å². The highest BCUT2D eigenvalue weighted by Gasteiger charge is 2.33. The summed E-state index contributed by atoms with van der Waals surface area (Å²) in [5.74, 6) is -0.982. The summed E-state index contributed by atoms with van der Waals surface area (Å²) >= 11 is 0. The molecule has 1 amide bonds. The van der Waals surface area contributed by atoms with Crippen molar-refractivity contribution in [3.05, 3.63) is 100 Å². The molecule has 236 valence electrons. The molecular formula is C33H37F4N3O3S. The van der Waals surface area contributed by atoms with Crippen molar-refractivity contribution in [2.45, 2.75) is 74.5 Å². The van der Waals surface area contributed by atoms with E-state index in [4.69, 9.17) is 0 Å². The lowest BCUT2D eigenvalue weighted by Crippen LogP contribution is -2.36. The van der Waals surface area contributed by atoms with Gasteiger partial charge in [-0.1, -0.05) is 42.8 Å². The van der Waals surface area contributed by atoms with Gasteiger partial charge in [0.15, 0.2) is 0 Å². The van der Waals surface area contributed by atoms with E-state index in [1.165, 1.54) is 42.5 Å². The van der Waals surface area contributed by atoms with Gasteiger partial charge in [0.25, 0.3) is 0 Å². The van der Waals surface area contributed by atoms with Gasteiger partial charge in [-0.15, -0.1) is 0 Å². The molecular weight excluding hydrogens is 594 g/mol. The quantitative estimate of drug-likeness (QED) is 0.251. The summed E-state index contributed by atoms with van der Waals surface area (Å²) in [5.41, 5.74) is 2.69. The number of likely N-dealkylation sites (tertiary alicyclic amines) is 1. The standard InChI is InChI=1S/C33H37F4N3O3S/c34-27-13-11-24(12-14-27)31(39-44(42,43)28-8-5-7-26(21-28)33(35,36)37)22-32(41)38-30-9-4-6-25-20-23(10-15-29(25)30)16-19-40-17-2-1-3-18-40/h5,7-8,10-15,20-21,30-31,39H,1-4,6,9,16-19,22H2,(H,38,41)/t30-,31-/m1/s1. The van der Waals surface area contributed by atoms with Crippen molar-refractivity contribution in [3.8, 4) is 0 Å². The Morgan fingerprint density at radius 1 is 0.955 bits per heavy atom. The van der Waals surface area contributed by atoms with Crippen molar-refractivity contribution in [2.24, 2.45) is 0 Å². The molecule has 5 rings (SSSR count). The molecule has 44 heavy (non-hydrogen) atoms. The van der Waals surface area contributed by atoms with E-state index in [0.29, 0.717) is 11.6 Å². The van der Waals surface area contributed by atoms with Crippen molar-refractivity contribution in [1.82, 2.24) is 14.9 Å². The number of halogens is 4. The number of carbonyl (C=O) groups is 1. The average Bonchev–Trinajstić information content (AvgIpc) is 3.00. The number of alkyl halides is 3. The van der Waals surface area contributed by atoms with Crippen LogP contribution in [0.2, 0.25) is 0 Å². The van der Waals surface area contributed by atoms with Gasteiger partial charge >= 0.3 is 6.18 Å². The molecule has 1 saturated heterocycles. The first-order valence-electron chi connectivity index (χ1n) is 15.1. The van der Waals surface area contributed by atoms with Gasteiger partial charge in [-0.25, -0.2) is 17.5 Å². The smallest absolute Gasteiger partial charge is 0.349 e. The third kappa shape index (κ3) is 8.25.